The number of quaternary nitrogens is 1. The predicted octanol–water partition coefficient (Wildman–Crippen LogP) is 2.32. The van der Waals surface area contributed by atoms with Gasteiger partial charge in [0.2, 0.25) is 5.78 Å². The number of rotatable bonds is 9. The van der Waals surface area contributed by atoms with Crippen LogP contribution in [0.1, 0.15) is 33.6 Å². The third-order valence-corrected chi connectivity index (χ3v) is 8.17. The van der Waals surface area contributed by atoms with E-state index < -0.39 is 5.23 Å². The number of ether oxygens (including phenoxy) is 1. The van der Waals surface area contributed by atoms with Crippen molar-refractivity contribution in [2.75, 3.05) is 61.9 Å². The molecule has 3 aromatic rings. The first kappa shape index (κ1) is 26.5. The number of nitrogens with two attached hydrogens (primary N) is 1. The maximum atomic E-state index is 13.1. The number of morpholine rings is 1. The Kier molecular flexibility index (Phi) is 8.52. The Hall–Kier alpha value is -3.06. The molecule has 38 heavy (non-hydrogen) atoms. The topological polar surface area (TPSA) is 131 Å². The Balaban J connectivity index is 1.18. The molecule has 0 aliphatic carbocycles. The van der Waals surface area contributed by atoms with Crippen LogP contribution in [0.25, 0.3) is 0 Å². The smallest absolute Gasteiger partial charge is 0.206 e. The lowest BCUT2D eigenvalue weighted by molar-refractivity contribution is -1.05. The number of hydrogen-bond donors (Lipinski definition) is 4. The molecule has 0 radical (unpaired) electrons. The maximum Gasteiger partial charge on any atom is 0.206 e. The molecule has 0 amide bonds. The van der Waals surface area contributed by atoms with Crippen LogP contribution >= 0.6 is 11.3 Å². The fourth-order valence-electron chi connectivity index (χ4n) is 5.11. The van der Waals surface area contributed by atoms with Gasteiger partial charge >= 0.3 is 0 Å². The van der Waals surface area contributed by atoms with Crippen LogP contribution < -0.4 is 21.2 Å². The molecule has 5 N–H and O–H groups in total. The summed E-state index contributed by atoms with van der Waals surface area (Å²) in [6, 6.07) is 15.9. The average Bonchev–Trinajstić information content (AvgIpc) is 3.32. The Morgan fingerprint density at radius 1 is 1.16 bits per heavy atom. The van der Waals surface area contributed by atoms with E-state index in [9.17, 15) is 10.0 Å². The number of hydroxylamine groups is 2. The first-order valence-corrected chi connectivity index (χ1v) is 13.8. The van der Waals surface area contributed by atoms with Gasteiger partial charge < -0.3 is 25.9 Å². The van der Waals surface area contributed by atoms with Crippen LogP contribution in [-0.2, 0) is 11.2 Å². The van der Waals surface area contributed by atoms with Gasteiger partial charge in [-0.3, -0.25) is 9.69 Å². The largest absolute Gasteiger partial charge is 0.600 e. The van der Waals surface area contributed by atoms with Crippen molar-refractivity contribution >= 4 is 39.4 Å². The van der Waals surface area contributed by atoms with Crippen LogP contribution in [0.4, 0.5) is 22.3 Å². The quantitative estimate of drug-likeness (QED) is 0.239. The highest BCUT2D eigenvalue weighted by Crippen LogP contribution is 2.31. The summed E-state index contributed by atoms with van der Waals surface area (Å²) in [6.07, 6.45) is 2.69. The predicted molar refractivity (Wildman–Crippen MR) is 148 cm³/mol. The minimum absolute atomic E-state index is 0.0138. The highest BCUT2D eigenvalue weighted by Gasteiger charge is 2.26. The Morgan fingerprint density at radius 2 is 1.89 bits per heavy atom. The molecule has 1 unspecified atom stereocenters. The number of nitrogens with zero attached hydrogens (tertiary/aromatic N) is 3. The van der Waals surface area contributed by atoms with Gasteiger partial charge in [-0.05, 0) is 48.7 Å². The molecular formula is C27H34N6O4S. The standard InChI is InChI=1S/C27H34N6O4S/c28-26-25(24(34)20-3-1-2-19(18-20)8-13-33(35)36)38-27(30-26)29-21-4-6-22(7-5-21)31-11-9-23(10-12-31)32-14-16-37-17-15-32/h1-7,18,23,33,35H,8-17,28H2,(H,29,30). The molecule has 1 aromatic heterocycles. The summed E-state index contributed by atoms with van der Waals surface area (Å²) in [5, 5.41) is 22.7. The summed E-state index contributed by atoms with van der Waals surface area (Å²) in [4.78, 5) is 22.8. The second kappa shape index (κ2) is 12.2. The van der Waals surface area contributed by atoms with E-state index in [1.165, 1.54) is 17.0 Å². The summed E-state index contributed by atoms with van der Waals surface area (Å²) < 4.78 is 5.49. The average molecular weight is 539 g/mol. The molecular weight excluding hydrogens is 504 g/mol. The van der Waals surface area contributed by atoms with Crippen LogP contribution in [0.5, 0.6) is 0 Å². The van der Waals surface area contributed by atoms with E-state index >= 15 is 0 Å². The van der Waals surface area contributed by atoms with Gasteiger partial charge in [0.1, 0.15) is 17.2 Å². The summed E-state index contributed by atoms with van der Waals surface area (Å²) >= 11 is 1.21. The first-order valence-electron chi connectivity index (χ1n) is 13.0. The number of nitrogen functional groups attached to an aromatic ring is 1. The number of piperidine rings is 1. The number of ketones is 1. The molecule has 5 rings (SSSR count). The van der Waals surface area contributed by atoms with Crippen molar-refractivity contribution in [3.8, 4) is 0 Å². The van der Waals surface area contributed by atoms with Crippen LogP contribution in [0.15, 0.2) is 48.5 Å². The molecule has 1 atom stereocenters. The van der Waals surface area contributed by atoms with Crippen molar-refractivity contribution in [1.82, 2.24) is 9.88 Å². The Labute approximate surface area is 226 Å². The summed E-state index contributed by atoms with van der Waals surface area (Å²) in [7, 11) is 0. The number of aromatic nitrogens is 1. The van der Waals surface area contributed by atoms with Crippen molar-refractivity contribution in [3.05, 3.63) is 69.7 Å². The number of thiazole rings is 1. The molecule has 0 spiro atoms. The maximum absolute atomic E-state index is 13.1. The van der Waals surface area contributed by atoms with E-state index in [2.05, 4.69) is 32.2 Å². The lowest BCUT2D eigenvalue weighted by atomic mass is 10.0. The molecule has 0 saturated carbocycles. The van der Waals surface area contributed by atoms with Crippen molar-refractivity contribution in [2.24, 2.45) is 0 Å². The molecule has 202 valence electrons. The number of hydrogen-bond acceptors (Lipinski definition) is 10. The van der Waals surface area contributed by atoms with Gasteiger partial charge in [0.25, 0.3) is 0 Å². The molecule has 2 aromatic carbocycles. The second-order valence-corrected chi connectivity index (χ2v) is 10.7. The zero-order chi connectivity index (χ0) is 26.5. The molecule has 10 nitrogen and oxygen atoms in total. The highest BCUT2D eigenvalue weighted by atomic mass is 32.1. The molecule has 3 heterocycles. The number of carbonyl (C=O) groups excluding carboxylic acids is 1. The zero-order valence-electron chi connectivity index (χ0n) is 21.3. The molecule has 2 fully saturated rings. The van der Waals surface area contributed by atoms with E-state index in [1.807, 2.05) is 18.2 Å². The van der Waals surface area contributed by atoms with E-state index in [0.717, 1.165) is 63.5 Å². The number of anilines is 4. The summed E-state index contributed by atoms with van der Waals surface area (Å²) in [6.45, 7) is 5.87. The Morgan fingerprint density at radius 3 is 2.61 bits per heavy atom. The highest BCUT2D eigenvalue weighted by molar-refractivity contribution is 7.18. The van der Waals surface area contributed by atoms with E-state index in [1.54, 1.807) is 18.2 Å². The van der Waals surface area contributed by atoms with Gasteiger partial charge in [0, 0.05) is 55.6 Å². The zero-order valence-corrected chi connectivity index (χ0v) is 22.1. The van der Waals surface area contributed by atoms with E-state index in [-0.39, 0.29) is 18.1 Å². The number of carbonyl (C=O) groups is 1. The third kappa shape index (κ3) is 6.49. The third-order valence-electron chi connectivity index (χ3n) is 7.19. The van der Waals surface area contributed by atoms with Crippen LogP contribution in [-0.4, -0.2) is 72.9 Å². The number of benzene rings is 2. The Bertz CT molecular complexity index is 1220. The molecule has 2 aliphatic heterocycles. The number of nitrogens with one attached hydrogen (secondary N) is 2. The second-order valence-electron chi connectivity index (χ2n) is 9.70. The van der Waals surface area contributed by atoms with E-state index in [0.29, 0.717) is 28.0 Å². The molecule has 2 saturated heterocycles. The normalized spacial score (nSPS) is 17.9. The van der Waals surface area contributed by atoms with Gasteiger partial charge in [0.05, 0.1) is 13.2 Å². The molecule has 0 bridgehead atoms. The lowest BCUT2D eigenvalue weighted by Crippen LogP contribution is -3.04. The molecule has 2 aliphatic rings. The van der Waals surface area contributed by atoms with Gasteiger partial charge in [-0.15, -0.1) is 0 Å². The fraction of sp³-hybridized carbons (Fsp3) is 0.407. The molecule has 11 heteroatoms. The lowest BCUT2D eigenvalue weighted by Gasteiger charge is -2.40. The SMILES string of the molecule is Nc1nc(Nc2ccc(N3CCC(N4CCOCC4)CC3)cc2)sc1C(=O)c1cccc(CC[NH+]([O-])O)c1. The van der Waals surface area contributed by atoms with Crippen molar-refractivity contribution < 1.29 is 20.0 Å². The van der Waals surface area contributed by atoms with Crippen molar-refractivity contribution in [1.29, 1.82) is 0 Å². The first-order chi connectivity index (χ1) is 18.5. The summed E-state index contributed by atoms with van der Waals surface area (Å²) in [5.74, 6) is -0.0424. The summed E-state index contributed by atoms with van der Waals surface area (Å²) in [5.41, 5.74) is 9.44. The van der Waals surface area contributed by atoms with Crippen LogP contribution in [0.3, 0.4) is 0 Å². The fourth-order valence-corrected chi connectivity index (χ4v) is 5.98. The van der Waals surface area contributed by atoms with Gasteiger partial charge in [-0.1, -0.05) is 29.5 Å². The van der Waals surface area contributed by atoms with Crippen molar-refractivity contribution in [3.63, 3.8) is 0 Å². The minimum atomic E-state index is -0.870. The van der Waals surface area contributed by atoms with Crippen LogP contribution in [0.2, 0.25) is 0 Å². The van der Waals surface area contributed by atoms with Gasteiger partial charge in [-0.25, -0.2) is 15.4 Å². The monoisotopic (exact) mass is 538 g/mol. The minimum Gasteiger partial charge on any atom is -0.600 e. The van der Waals surface area contributed by atoms with E-state index in [4.69, 9.17) is 15.7 Å². The van der Waals surface area contributed by atoms with Crippen LogP contribution in [0, 0.1) is 5.21 Å². The van der Waals surface area contributed by atoms with Crippen molar-refractivity contribution in [2.45, 2.75) is 25.3 Å². The van der Waals surface area contributed by atoms with Gasteiger partial charge in [-0.2, -0.15) is 0 Å². The van der Waals surface area contributed by atoms with Gasteiger partial charge in [0.15, 0.2) is 5.13 Å².